The summed E-state index contributed by atoms with van der Waals surface area (Å²) in [5.41, 5.74) is 1.05. The van der Waals surface area contributed by atoms with Gasteiger partial charge in [0.25, 0.3) is 0 Å². The molecule has 18 heavy (non-hydrogen) atoms. The van der Waals surface area contributed by atoms with Crippen LogP contribution in [-0.2, 0) is 0 Å². The van der Waals surface area contributed by atoms with Crippen molar-refractivity contribution >= 4 is 34.4 Å². The highest BCUT2D eigenvalue weighted by molar-refractivity contribution is 7.17. The second kappa shape index (κ2) is 5.50. The van der Waals surface area contributed by atoms with Crippen LogP contribution in [0.5, 0.6) is 0 Å². The van der Waals surface area contributed by atoms with E-state index in [9.17, 15) is 4.79 Å². The van der Waals surface area contributed by atoms with Gasteiger partial charge in [-0.15, -0.1) is 0 Å². The molecular weight excluding hydrogens is 268 g/mol. The van der Waals surface area contributed by atoms with E-state index in [0.29, 0.717) is 4.88 Å². The van der Waals surface area contributed by atoms with E-state index in [1.165, 1.54) is 11.3 Å². The number of aldehydes is 1. The zero-order valence-electron chi connectivity index (χ0n) is 10.1. The fraction of sp³-hybridized carbons (Fsp3) is 0.231. The number of halogens is 1. The number of carbonyl (C=O) groups is 1. The van der Waals surface area contributed by atoms with Crippen LogP contribution >= 0.6 is 22.9 Å². The van der Waals surface area contributed by atoms with Gasteiger partial charge in [-0.25, -0.2) is 4.98 Å². The minimum absolute atomic E-state index is 0.101. The molecule has 0 amide bonds. The molecule has 0 spiro atoms. The summed E-state index contributed by atoms with van der Waals surface area (Å²) in [6.07, 6.45) is 2.40. The van der Waals surface area contributed by atoms with Gasteiger partial charge in [-0.3, -0.25) is 4.79 Å². The van der Waals surface area contributed by atoms with Gasteiger partial charge in [-0.05, 0) is 18.6 Å². The van der Waals surface area contributed by atoms with Gasteiger partial charge in [0, 0.05) is 12.1 Å². The average molecular weight is 281 g/mol. The molecule has 0 fully saturated rings. The molecule has 0 radical (unpaired) electrons. The molecule has 0 aliphatic rings. The monoisotopic (exact) mass is 280 g/mol. The maximum atomic E-state index is 10.7. The molecule has 1 aromatic carbocycles. The van der Waals surface area contributed by atoms with E-state index in [-0.39, 0.29) is 6.04 Å². The summed E-state index contributed by atoms with van der Waals surface area (Å²) >= 11 is 7.56. The Labute approximate surface area is 115 Å². The number of nitrogens with zero attached hydrogens (tertiary/aromatic N) is 2. The van der Waals surface area contributed by atoms with E-state index in [4.69, 9.17) is 11.6 Å². The van der Waals surface area contributed by atoms with Crippen molar-refractivity contribution in [2.75, 3.05) is 11.9 Å². The Hall–Kier alpha value is -1.39. The summed E-state index contributed by atoms with van der Waals surface area (Å²) in [7, 11) is 1.95. The molecule has 1 aromatic heterocycles. The number of benzene rings is 1. The number of thiazole rings is 1. The number of carbonyl (C=O) groups excluding carboxylic acids is 1. The standard InChI is InChI=1S/C13H13ClN2OS/c1-9(11-5-3-4-6-12(11)14)16(2)13-15-7-10(8-17)18-13/h3-9H,1-2H3. The summed E-state index contributed by atoms with van der Waals surface area (Å²) in [6.45, 7) is 2.06. The third-order valence-corrected chi connectivity index (χ3v) is 4.22. The highest BCUT2D eigenvalue weighted by Gasteiger charge is 2.17. The predicted molar refractivity (Wildman–Crippen MR) is 75.8 cm³/mol. The fourth-order valence-corrected chi connectivity index (χ4v) is 2.75. The van der Waals surface area contributed by atoms with Crippen LogP contribution in [0.1, 0.15) is 28.2 Å². The van der Waals surface area contributed by atoms with Gasteiger partial charge >= 0.3 is 0 Å². The molecule has 2 rings (SSSR count). The molecule has 1 atom stereocenters. The molecular formula is C13H13ClN2OS. The van der Waals surface area contributed by atoms with Gasteiger partial charge in [-0.2, -0.15) is 0 Å². The van der Waals surface area contributed by atoms with E-state index in [2.05, 4.69) is 11.9 Å². The number of hydrogen-bond donors (Lipinski definition) is 0. The van der Waals surface area contributed by atoms with Crippen molar-refractivity contribution in [3.05, 3.63) is 45.9 Å². The molecule has 0 N–H and O–H groups in total. The predicted octanol–water partition coefficient (Wildman–Crippen LogP) is 3.81. The first-order valence-electron chi connectivity index (χ1n) is 5.51. The molecule has 1 unspecified atom stereocenters. The highest BCUT2D eigenvalue weighted by atomic mass is 35.5. The first-order chi connectivity index (χ1) is 8.63. The summed E-state index contributed by atoms with van der Waals surface area (Å²) in [5.74, 6) is 0. The van der Waals surface area contributed by atoms with Gasteiger partial charge in [0.1, 0.15) is 0 Å². The topological polar surface area (TPSA) is 33.2 Å². The number of hydrogen-bond acceptors (Lipinski definition) is 4. The maximum Gasteiger partial charge on any atom is 0.186 e. The van der Waals surface area contributed by atoms with Gasteiger partial charge in [0.15, 0.2) is 11.4 Å². The molecule has 0 bridgehead atoms. The van der Waals surface area contributed by atoms with Gasteiger partial charge < -0.3 is 4.90 Å². The Kier molecular flexibility index (Phi) is 3.99. The highest BCUT2D eigenvalue weighted by Crippen LogP contribution is 2.31. The van der Waals surface area contributed by atoms with Crippen LogP contribution in [0.15, 0.2) is 30.5 Å². The van der Waals surface area contributed by atoms with E-state index in [1.807, 2.05) is 36.2 Å². The molecule has 5 heteroatoms. The fourth-order valence-electron chi connectivity index (χ4n) is 1.68. The zero-order chi connectivity index (χ0) is 13.1. The quantitative estimate of drug-likeness (QED) is 0.799. The van der Waals surface area contributed by atoms with Crippen LogP contribution < -0.4 is 4.90 Å². The van der Waals surface area contributed by atoms with Crippen molar-refractivity contribution in [1.82, 2.24) is 4.98 Å². The molecule has 2 aromatic rings. The third kappa shape index (κ3) is 2.54. The summed E-state index contributed by atoms with van der Waals surface area (Å²) in [4.78, 5) is 17.5. The second-order valence-electron chi connectivity index (χ2n) is 3.97. The van der Waals surface area contributed by atoms with Gasteiger partial charge in [-0.1, -0.05) is 41.1 Å². The van der Waals surface area contributed by atoms with Crippen molar-refractivity contribution in [2.24, 2.45) is 0 Å². The Morgan fingerprint density at radius 2 is 2.17 bits per heavy atom. The van der Waals surface area contributed by atoms with Crippen molar-refractivity contribution in [3.63, 3.8) is 0 Å². The number of rotatable bonds is 4. The molecule has 94 valence electrons. The normalized spacial score (nSPS) is 12.2. The number of aromatic nitrogens is 1. The number of anilines is 1. The second-order valence-corrected chi connectivity index (χ2v) is 5.42. The van der Waals surface area contributed by atoms with Crippen molar-refractivity contribution in [3.8, 4) is 0 Å². The lowest BCUT2D eigenvalue weighted by atomic mass is 10.1. The minimum atomic E-state index is 0.101. The lowest BCUT2D eigenvalue weighted by Crippen LogP contribution is -2.21. The van der Waals surface area contributed by atoms with Crippen molar-refractivity contribution < 1.29 is 4.79 Å². The molecule has 0 saturated carbocycles. The van der Waals surface area contributed by atoms with Crippen LogP contribution in [0.25, 0.3) is 0 Å². The first kappa shape index (κ1) is 13.1. The Bertz CT molecular complexity index is 555. The largest absolute Gasteiger partial charge is 0.344 e. The van der Waals surface area contributed by atoms with Crippen LogP contribution in [-0.4, -0.2) is 18.3 Å². The Morgan fingerprint density at radius 3 is 2.78 bits per heavy atom. The summed E-state index contributed by atoms with van der Waals surface area (Å²) in [5, 5.41) is 1.55. The van der Waals surface area contributed by atoms with Crippen LogP contribution in [0.3, 0.4) is 0 Å². The lowest BCUT2D eigenvalue weighted by molar-refractivity contribution is 0.112. The summed E-state index contributed by atoms with van der Waals surface area (Å²) in [6, 6.07) is 7.85. The Balaban J connectivity index is 2.26. The van der Waals surface area contributed by atoms with Gasteiger partial charge in [0.2, 0.25) is 0 Å². The zero-order valence-corrected chi connectivity index (χ0v) is 11.7. The van der Waals surface area contributed by atoms with E-state index >= 15 is 0 Å². The van der Waals surface area contributed by atoms with Crippen LogP contribution in [0, 0.1) is 0 Å². The average Bonchev–Trinajstić information content (AvgIpc) is 2.86. The third-order valence-electron chi connectivity index (χ3n) is 2.87. The van der Waals surface area contributed by atoms with E-state index < -0.39 is 0 Å². The Morgan fingerprint density at radius 1 is 1.44 bits per heavy atom. The molecule has 3 nitrogen and oxygen atoms in total. The lowest BCUT2D eigenvalue weighted by Gasteiger charge is -2.25. The van der Waals surface area contributed by atoms with Crippen molar-refractivity contribution in [1.29, 1.82) is 0 Å². The smallest absolute Gasteiger partial charge is 0.186 e. The molecule has 0 saturated heterocycles. The SMILES string of the molecule is CC(c1ccccc1Cl)N(C)c1ncc(C=O)s1. The molecule has 0 aliphatic carbocycles. The maximum absolute atomic E-state index is 10.7. The van der Waals surface area contributed by atoms with E-state index in [0.717, 1.165) is 22.0 Å². The summed E-state index contributed by atoms with van der Waals surface area (Å²) < 4.78 is 0. The molecule has 1 heterocycles. The van der Waals surface area contributed by atoms with E-state index in [1.54, 1.807) is 6.20 Å². The molecule has 0 aliphatic heterocycles. The first-order valence-corrected chi connectivity index (χ1v) is 6.71. The van der Waals surface area contributed by atoms with Crippen LogP contribution in [0.4, 0.5) is 5.13 Å². The van der Waals surface area contributed by atoms with Gasteiger partial charge in [0.05, 0.1) is 17.1 Å². The minimum Gasteiger partial charge on any atom is -0.344 e. The van der Waals surface area contributed by atoms with Crippen molar-refractivity contribution in [2.45, 2.75) is 13.0 Å². The van der Waals surface area contributed by atoms with Crippen LogP contribution in [0.2, 0.25) is 5.02 Å².